The number of benzene rings is 5. The van der Waals surface area contributed by atoms with Crippen molar-refractivity contribution in [3.8, 4) is 17.2 Å². The molecule has 152 valence electrons. The Labute approximate surface area is 184 Å². The highest BCUT2D eigenvalue weighted by Crippen LogP contribution is 2.31. The van der Waals surface area contributed by atoms with E-state index in [0.29, 0.717) is 11.5 Å². The summed E-state index contributed by atoms with van der Waals surface area (Å²) in [6, 6.07) is 31.4. The van der Waals surface area contributed by atoms with Gasteiger partial charge in [-0.05, 0) is 52.6 Å². The molecule has 0 fully saturated rings. The summed E-state index contributed by atoms with van der Waals surface area (Å²) in [5, 5.41) is 14.6. The molecule has 6 aromatic rings. The fourth-order valence-electron chi connectivity index (χ4n) is 4.03. The molecule has 6 rings (SSSR count). The molecule has 5 aromatic carbocycles. The summed E-state index contributed by atoms with van der Waals surface area (Å²) in [5.41, 5.74) is 4.01. The molecule has 0 aliphatic heterocycles. The van der Waals surface area contributed by atoms with Gasteiger partial charge in [0, 0.05) is 22.7 Å². The zero-order chi connectivity index (χ0) is 21.5. The second kappa shape index (κ2) is 7.36. The summed E-state index contributed by atoms with van der Waals surface area (Å²) in [7, 11) is 0. The topological polar surface area (TPSA) is 58.6 Å². The molecule has 4 nitrogen and oxygen atoms in total. The van der Waals surface area contributed by atoms with Crippen LogP contribution < -0.4 is 0 Å². The fraction of sp³-hybridized carbons (Fsp3) is 0. The minimum Gasteiger partial charge on any atom is -0.507 e. The molecular formula is C28H18N2O2. The molecule has 0 saturated heterocycles. The van der Waals surface area contributed by atoms with Crippen LogP contribution in [-0.4, -0.2) is 16.3 Å². The van der Waals surface area contributed by atoms with Gasteiger partial charge in [0.05, 0.1) is 5.69 Å². The van der Waals surface area contributed by atoms with Gasteiger partial charge in [-0.3, -0.25) is 4.99 Å². The number of phenolic OH excluding ortho intramolecular Hbond substituents is 1. The van der Waals surface area contributed by atoms with Gasteiger partial charge in [-0.25, -0.2) is 4.98 Å². The number of hydrogen-bond acceptors (Lipinski definition) is 4. The fourth-order valence-corrected chi connectivity index (χ4v) is 4.03. The molecule has 0 unspecified atom stereocenters. The lowest BCUT2D eigenvalue weighted by molar-refractivity contribution is 0.475. The van der Waals surface area contributed by atoms with Crippen LogP contribution in [0.4, 0.5) is 5.69 Å². The second-order valence-corrected chi connectivity index (χ2v) is 7.68. The summed E-state index contributed by atoms with van der Waals surface area (Å²) < 4.78 is 6.01. The van der Waals surface area contributed by atoms with Crippen LogP contribution in [-0.2, 0) is 0 Å². The van der Waals surface area contributed by atoms with Gasteiger partial charge in [0.2, 0.25) is 5.89 Å². The van der Waals surface area contributed by atoms with Gasteiger partial charge in [-0.2, -0.15) is 0 Å². The van der Waals surface area contributed by atoms with Gasteiger partial charge in [0.15, 0.2) is 5.58 Å². The lowest BCUT2D eigenvalue weighted by Gasteiger charge is -2.04. The van der Waals surface area contributed by atoms with E-state index >= 15 is 0 Å². The molecule has 1 heterocycles. The van der Waals surface area contributed by atoms with Crippen molar-refractivity contribution >= 4 is 44.5 Å². The van der Waals surface area contributed by atoms with E-state index in [1.54, 1.807) is 12.3 Å². The van der Waals surface area contributed by atoms with E-state index in [0.717, 1.165) is 43.9 Å². The number of phenols is 1. The summed E-state index contributed by atoms with van der Waals surface area (Å²) in [4.78, 5) is 9.31. The average Bonchev–Trinajstić information content (AvgIpc) is 3.29. The van der Waals surface area contributed by atoms with Crippen LogP contribution in [0.5, 0.6) is 5.75 Å². The van der Waals surface area contributed by atoms with Crippen molar-refractivity contribution in [1.29, 1.82) is 0 Å². The van der Waals surface area contributed by atoms with Crippen LogP contribution in [0.3, 0.4) is 0 Å². The minimum atomic E-state index is 0.211. The van der Waals surface area contributed by atoms with Gasteiger partial charge in [-0.15, -0.1) is 0 Å². The summed E-state index contributed by atoms with van der Waals surface area (Å²) >= 11 is 0. The molecular weight excluding hydrogens is 396 g/mol. The van der Waals surface area contributed by atoms with Crippen LogP contribution in [0.1, 0.15) is 5.56 Å². The van der Waals surface area contributed by atoms with Crippen molar-refractivity contribution in [3.05, 3.63) is 103 Å². The highest BCUT2D eigenvalue weighted by Gasteiger charge is 2.11. The van der Waals surface area contributed by atoms with Crippen molar-refractivity contribution < 1.29 is 9.52 Å². The first-order valence-electron chi connectivity index (χ1n) is 10.4. The average molecular weight is 414 g/mol. The third kappa shape index (κ3) is 3.10. The zero-order valence-corrected chi connectivity index (χ0v) is 17.1. The lowest BCUT2D eigenvalue weighted by atomic mass is 10.0. The third-order valence-corrected chi connectivity index (χ3v) is 5.69. The number of hydrogen-bond donors (Lipinski definition) is 1. The molecule has 0 aliphatic rings. The largest absolute Gasteiger partial charge is 0.507 e. The molecule has 0 atom stereocenters. The minimum absolute atomic E-state index is 0.211. The lowest BCUT2D eigenvalue weighted by Crippen LogP contribution is -1.85. The van der Waals surface area contributed by atoms with Gasteiger partial charge >= 0.3 is 0 Å². The molecule has 32 heavy (non-hydrogen) atoms. The number of aliphatic imine (C=N–C) groups is 1. The van der Waals surface area contributed by atoms with Gasteiger partial charge < -0.3 is 9.52 Å². The Bertz CT molecular complexity index is 1630. The van der Waals surface area contributed by atoms with E-state index in [4.69, 9.17) is 9.40 Å². The molecule has 0 bridgehead atoms. The van der Waals surface area contributed by atoms with Crippen LogP contribution >= 0.6 is 0 Å². The van der Waals surface area contributed by atoms with E-state index in [1.807, 2.05) is 78.9 Å². The third-order valence-electron chi connectivity index (χ3n) is 5.69. The van der Waals surface area contributed by atoms with Crippen LogP contribution in [0.2, 0.25) is 0 Å². The van der Waals surface area contributed by atoms with E-state index in [-0.39, 0.29) is 5.75 Å². The maximum absolute atomic E-state index is 10.3. The van der Waals surface area contributed by atoms with Crippen molar-refractivity contribution in [2.45, 2.75) is 0 Å². The highest BCUT2D eigenvalue weighted by molar-refractivity contribution is 6.04. The Morgan fingerprint density at radius 1 is 0.719 bits per heavy atom. The van der Waals surface area contributed by atoms with Crippen molar-refractivity contribution in [2.75, 3.05) is 0 Å². The quantitative estimate of drug-likeness (QED) is 0.310. The molecule has 1 N–H and O–H groups in total. The van der Waals surface area contributed by atoms with Gasteiger partial charge in [-0.1, -0.05) is 60.7 Å². The highest BCUT2D eigenvalue weighted by atomic mass is 16.3. The molecule has 0 radical (unpaired) electrons. The first kappa shape index (κ1) is 18.3. The smallest absolute Gasteiger partial charge is 0.227 e. The van der Waals surface area contributed by atoms with Crippen LogP contribution in [0.15, 0.2) is 106 Å². The summed E-state index contributed by atoms with van der Waals surface area (Å²) in [6.45, 7) is 0. The molecule has 0 amide bonds. The van der Waals surface area contributed by atoms with Crippen molar-refractivity contribution in [2.24, 2.45) is 4.99 Å². The second-order valence-electron chi connectivity index (χ2n) is 7.68. The predicted octanol–water partition coefficient (Wildman–Crippen LogP) is 7.26. The molecule has 0 spiro atoms. The number of aromatic hydroxyl groups is 1. The standard InChI is InChI=1S/C28H18N2O2/c31-25-15-11-18-5-1-3-7-22(18)24(25)17-29-21-13-9-20(10-14-21)28-30-27-23-8-4-2-6-19(23)12-16-26(27)32-28/h1-17,31H. The van der Waals surface area contributed by atoms with E-state index in [1.165, 1.54) is 0 Å². The van der Waals surface area contributed by atoms with E-state index < -0.39 is 0 Å². The predicted molar refractivity (Wildman–Crippen MR) is 130 cm³/mol. The first-order chi connectivity index (χ1) is 15.8. The van der Waals surface area contributed by atoms with Crippen molar-refractivity contribution in [3.63, 3.8) is 0 Å². The van der Waals surface area contributed by atoms with E-state index in [9.17, 15) is 5.11 Å². The number of rotatable bonds is 3. The Balaban J connectivity index is 1.34. The molecule has 0 aliphatic carbocycles. The first-order valence-corrected chi connectivity index (χ1v) is 10.4. The number of oxazole rings is 1. The molecule has 0 saturated carbocycles. The Hall–Kier alpha value is -4.44. The Morgan fingerprint density at radius 3 is 2.22 bits per heavy atom. The van der Waals surface area contributed by atoms with E-state index in [2.05, 4.69) is 17.1 Å². The monoisotopic (exact) mass is 414 g/mol. The number of aromatic nitrogens is 1. The summed E-state index contributed by atoms with van der Waals surface area (Å²) in [6.07, 6.45) is 1.71. The maximum Gasteiger partial charge on any atom is 0.227 e. The normalized spacial score (nSPS) is 11.8. The van der Waals surface area contributed by atoms with Gasteiger partial charge in [0.25, 0.3) is 0 Å². The van der Waals surface area contributed by atoms with Gasteiger partial charge in [0.1, 0.15) is 11.3 Å². The number of fused-ring (bicyclic) bond motifs is 4. The molecule has 4 heteroatoms. The molecule has 1 aromatic heterocycles. The van der Waals surface area contributed by atoms with Crippen LogP contribution in [0, 0.1) is 0 Å². The maximum atomic E-state index is 10.3. The Morgan fingerprint density at radius 2 is 1.41 bits per heavy atom. The Kier molecular flexibility index (Phi) is 4.22. The SMILES string of the molecule is Oc1ccc2ccccc2c1C=Nc1ccc(-c2nc3c(ccc4ccccc43)o2)cc1. The summed E-state index contributed by atoms with van der Waals surface area (Å²) in [5.74, 6) is 0.793. The zero-order valence-electron chi connectivity index (χ0n) is 17.1. The van der Waals surface area contributed by atoms with Crippen molar-refractivity contribution in [1.82, 2.24) is 4.98 Å². The number of nitrogens with zero attached hydrogens (tertiary/aromatic N) is 2. The van der Waals surface area contributed by atoms with Crippen LogP contribution in [0.25, 0.3) is 44.1 Å².